The second kappa shape index (κ2) is 6.81. The summed E-state index contributed by atoms with van der Waals surface area (Å²) in [5.41, 5.74) is 2.16. The van der Waals surface area contributed by atoms with Crippen LogP contribution in [0, 0.1) is 0 Å². The van der Waals surface area contributed by atoms with E-state index in [2.05, 4.69) is 21.2 Å². The first-order valence-electron chi connectivity index (χ1n) is 6.02. The molecule has 0 bridgehead atoms. The quantitative estimate of drug-likeness (QED) is 0.806. The van der Waals surface area contributed by atoms with Gasteiger partial charge in [-0.3, -0.25) is 0 Å². The molecule has 0 radical (unpaired) electrons. The highest BCUT2D eigenvalue weighted by Crippen LogP contribution is 2.32. The van der Waals surface area contributed by atoms with Crippen molar-refractivity contribution in [3.05, 3.63) is 62.0 Å². The van der Waals surface area contributed by atoms with Crippen molar-refractivity contribution < 1.29 is 4.74 Å². The second-order valence-corrected chi connectivity index (χ2v) is 5.96. The third-order valence-electron chi connectivity index (χ3n) is 3.07. The van der Waals surface area contributed by atoms with Crippen LogP contribution in [0.2, 0.25) is 10.0 Å². The fraction of sp³-hybridized carbons (Fsp3) is 0.200. The fourth-order valence-electron chi connectivity index (χ4n) is 2.08. The van der Waals surface area contributed by atoms with E-state index in [1.807, 2.05) is 43.4 Å². The normalized spacial score (nSPS) is 12.2. The van der Waals surface area contributed by atoms with E-state index in [-0.39, 0.29) is 6.04 Å². The van der Waals surface area contributed by atoms with Crippen molar-refractivity contribution in [3.8, 4) is 5.75 Å². The van der Waals surface area contributed by atoms with Crippen molar-refractivity contribution in [2.24, 2.45) is 0 Å². The van der Waals surface area contributed by atoms with Crippen molar-refractivity contribution in [2.45, 2.75) is 6.04 Å². The van der Waals surface area contributed by atoms with Gasteiger partial charge in [0.25, 0.3) is 0 Å². The van der Waals surface area contributed by atoms with Gasteiger partial charge >= 0.3 is 0 Å². The van der Waals surface area contributed by atoms with Crippen LogP contribution in [0.5, 0.6) is 5.75 Å². The highest BCUT2D eigenvalue weighted by atomic mass is 79.9. The Labute approximate surface area is 137 Å². The Morgan fingerprint density at radius 2 is 1.70 bits per heavy atom. The van der Waals surface area contributed by atoms with Crippen LogP contribution < -0.4 is 10.1 Å². The van der Waals surface area contributed by atoms with E-state index in [4.69, 9.17) is 27.9 Å². The van der Waals surface area contributed by atoms with Crippen molar-refractivity contribution >= 4 is 39.1 Å². The molecule has 5 heteroatoms. The topological polar surface area (TPSA) is 21.3 Å². The molecular weight excluding hydrogens is 361 g/mol. The first-order valence-corrected chi connectivity index (χ1v) is 7.57. The Morgan fingerprint density at radius 3 is 2.25 bits per heavy atom. The highest BCUT2D eigenvalue weighted by Gasteiger charge is 2.14. The monoisotopic (exact) mass is 373 g/mol. The Balaban J connectivity index is 2.41. The Morgan fingerprint density at radius 1 is 1.05 bits per heavy atom. The number of benzene rings is 2. The van der Waals surface area contributed by atoms with Crippen molar-refractivity contribution in [3.63, 3.8) is 0 Å². The lowest BCUT2D eigenvalue weighted by molar-refractivity contribution is 0.414. The minimum atomic E-state index is 0.0342. The van der Waals surface area contributed by atoms with Gasteiger partial charge in [0.15, 0.2) is 0 Å². The lowest BCUT2D eigenvalue weighted by Crippen LogP contribution is -2.17. The molecule has 1 unspecified atom stereocenters. The number of hydrogen-bond donors (Lipinski definition) is 1. The summed E-state index contributed by atoms with van der Waals surface area (Å²) in [4.78, 5) is 0. The molecule has 0 aliphatic carbocycles. The average molecular weight is 375 g/mol. The number of methoxy groups -OCH3 is 1. The maximum atomic E-state index is 6.19. The maximum absolute atomic E-state index is 6.19. The van der Waals surface area contributed by atoms with Crippen LogP contribution in [0.3, 0.4) is 0 Å². The Hall–Kier alpha value is -0.740. The third kappa shape index (κ3) is 3.29. The summed E-state index contributed by atoms with van der Waals surface area (Å²) in [6.07, 6.45) is 0. The van der Waals surface area contributed by atoms with E-state index in [1.54, 1.807) is 7.11 Å². The molecule has 0 heterocycles. The van der Waals surface area contributed by atoms with Crippen LogP contribution in [0.15, 0.2) is 40.9 Å². The van der Waals surface area contributed by atoms with Crippen LogP contribution >= 0.6 is 39.1 Å². The lowest BCUT2D eigenvalue weighted by Gasteiger charge is -2.19. The van der Waals surface area contributed by atoms with E-state index >= 15 is 0 Å². The first kappa shape index (κ1) is 15.6. The van der Waals surface area contributed by atoms with Gasteiger partial charge in [-0.1, -0.05) is 35.3 Å². The van der Waals surface area contributed by atoms with E-state index in [9.17, 15) is 0 Å². The fourth-order valence-corrected chi connectivity index (χ4v) is 2.86. The van der Waals surface area contributed by atoms with Gasteiger partial charge in [-0.2, -0.15) is 0 Å². The summed E-state index contributed by atoms with van der Waals surface area (Å²) in [5, 5.41) is 4.57. The van der Waals surface area contributed by atoms with Gasteiger partial charge in [-0.15, -0.1) is 0 Å². The zero-order chi connectivity index (χ0) is 14.7. The number of ether oxygens (including phenoxy) is 1. The van der Waals surface area contributed by atoms with Crippen LogP contribution in [0.1, 0.15) is 17.2 Å². The third-order valence-corrected chi connectivity index (χ3v) is 4.58. The number of hydrogen-bond acceptors (Lipinski definition) is 2. The molecule has 1 atom stereocenters. The number of halogens is 3. The summed E-state index contributed by atoms with van der Waals surface area (Å²) < 4.78 is 6.05. The SMILES string of the molecule is CNC(c1ccc(OC)c(Cl)c1)c1ccc(Cl)c(Br)c1. The molecule has 0 aromatic heterocycles. The molecule has 0 fully saturated rings. The van der Waals surface area contributed by atoms with Crippen molar-refractivity contribution in [1.82, 2.24) is 5.32 Å². The van der Waals surface area contributed by atoms with Crippen LogP contribution in [0.25, 0.3) is 0 Å². The molecule has 0 spiro atoms. The first-order chi connectivity index (χ1) is 9.56. The zero-order valence-corrected chi connectivity index (χ0v) is 14.2. The molecule has 0 amide bonds. The van der Waals surface area contributed by atoms with Crippen molar-refractivity contribution in [1.29, 1.82) is 0 Å². The molecule has 0 aliphatic rings. The van der Waals surface area contributed by atoms with E-state index < -0.39 is 0 Å². The van der Waals surface area contributed by atoms with E-state index in [0.29, 0.717) is 15.8 Å². The molecule has 2 aromatic rings. The minimum Gasteiger partial charge on any atom is -0.495 e. The smallest absolute Gasteiger partial charge is 0.137 e. The highest BCUT2D eigenvalue weighted by molar-refractivity contribution is 9.10. The van der Waals surface area contributed by atoms with Crippen molar-refractivity contribution in [2.75, 3.05) is 14.2 Å². The van der Waals surface area contributed by atoms with Crippen LogP contribution in [-0.4, -0.2) is 14.2 Å². The molecule has 20 heavy (non-hydrogen) atoms. The Kier molecular flexibility index (Phi) is 5.33. The van der Waals surface area contributed by atoms with E-state index in [1.165, 1.54) is 0 Å². The predicted molar refractivity (Wildman–Crippen MR) is 88.1 cm³/mol. The van der Waals surface area contributed by atoms with Gasteiger partial charge in [0.2, 0.25) is 0 Å². The molecule has 106 valence electrons. The summed E-state index contributed by atoms with van der Waals surface area (Å²) in [7, 11) is 3.51. The summed E-state index contributed by atoms with van der Waals surface area (Å²) in [6.45, 7) is 0. The predicted octanol–water partition coefficient (Wildman–Crippen LogP) is 5.07. The largest absolute Gasteiger partial charge is 0.495 e. The molecule has 2 rings (SSSR count). The molecule has 2 aromatic carbocycles. The molecule has 2 nitrogen and oxygen atoms in total. The van der Waals surface area contributed by atoms with E-state index in [0.717, 1.165) is 15.6 Å². The van der Waals surface area contributed by atoms with Crippen LogP contribution in [-0.2, 0) is 0 Å². The molecule has 0 aliphatic heterocycles. The van der Waals surface area contributed by atoms with Gasteiger partial charge in [0, 0.05) is 4.47 Å². The molecular formula is C15H14BrCl2NO. The summed E-state index contributed by atoms with van der Waals surface area (Å²) in [6, 6.07) is 11.7. The van der Waals surface area contributed by atoms with Gasteiger partial charge in [-0.05, 0) is 58.4 Å². The number of rotatable bonds is 4. The molecule has 0 saturated carbocycles. The van der Waals surface area contributed by atoms with Gasteiger partial charge in [0.05, 0.1) is 23.2 Å². The summed E-state index contributed by atoms with van der Waals surface area (Å²) >= 11 is 15.7. The standard InChI is InChI=1S/C15H14BrCl2NO/c1-19-15(9-3-5-12(17)11(16)7-9)10-4-6-14(20-2)13(18)8-10/h3-8,15,19H,1-2H3. The average Bonchev–Trinajstić information content (AvgIpc) is 2.44. The lowest BCUT2D eigenvalue weighted by atomic mass is 9.99. The van der Waals surface area contributed by atoms with Crippen LogP contribution in [0.4, 0.5) is 0 Å². The van der Waals surface area contributed by atoms with Gasteiger partial charge < -0.3 is 10.1 Å². The van der Waals surface area contributed by atoms with Gasteiger partial charge in [-0.25, -0.2) is 0 Å². The van der Waals surface area contributed by atoms with Gasteiger partial charge in [0.1, 0.15) is 5.75 Å². The number of nitrogens with one attached hydrogen (secondary N) is 1. The Bertz CT molecular complexity index is 619. The summed E-state index contributed by atoms with van der Waals surface area (Å²) in [5.74, 6) is 0.669. The molecule has 1 N–H and O–H groups in total. The zero-order valence-electron chi connectivity index (χ0n) is 11.1. The molecule has 0 saturated heterocycles. The second-order valence-electron chi connectivity index (χ2n) is 4.29. The minimum absolute atomic E-state index is 0.0342. The maximum Gasteiger partial charge on any atom is 0.137 e.